The van der Waals surface area contributed by atoms with E-state index in [1.807, 2.05) is 0 Å². The third-order valence-electron chi connectivity index (χ3n) is 10.9. The van der Waals surface area contributed by atoms with Gasteiger partial charge in [0.15, 0.2) is 0 Å². The molecule has 364 valence electrons. The molecular weight excluding hydrogens is 859 g/mol. The van der Waals surface area contributed by atoms with Crippen molar-refractivity contribution in [3.63, 3.8) is 0 Å². The summed E-state index contributed by atoms with van der Waals surface area (Å²) in [5, 5.41) is 31.4. The van der Waals surface area contributed by atoms with E-state index in [0.717, 1.165) is 4.90 Å². The zero-order chi connectivity index (χ0) is 49.3. The van der Waals surface area contributed by atoms with Crippen molar-refractivity contribution in [3.05, 3.63) is 0 Å². The largest absolute Gasteiger partial charge is 0.481 e. The number of aliphatic carboxylic acids is 2. The maximum absolute atomic E-state index is 13.9. The predicted molar refractivity (Wildman–Crippen MR) is 227 cm³/mol. The fourth-order valence-corrected chi connectivity index (χ4v) is 7.47. The lowest BCUT2D eigenvalue weighted by Gasteiger charge is -2.31. The molecule has 2 heterocycles. The van der Waals surface area contributed by atoms with E-state index in [-0.39, 0.29) is 57.5 Å². The van der Waals surface area contributed by atoms with Gasteiger partial charge in [0.25, 0.3) is 0 Å². The minimum Gasteiger partial charge on any atom is -0.481 e. The molecule has 65 heavy (non-hydrogen) atoms. The topological polar surface area (TPSA) is 416 Å². The second-order valence-electron chi connectivity index (χ2n) is 17.0. The van der Waals surface area contributed by atoms with Gasteiger partial charge in [0.1, 0.15) is 42.3 Å². The molecule has 2 aliphatic rings. The summed E-state index contributed by atoms with van der Waals surface area (Å²) in [6.45, 7) is 6.77. The van der Waals surface area contributed by atoms with Crippen molar-refractivity contribution in [2.45, 2.75) is 153 Å². The number of carboxylic acid groups (broad SMARTS) is 2. The van der Waals surface area contributed by atoms with Crippen molar-refractivity contribution in [2.24, 2.45) is 34.8 Å². The molecule has 0 spiro atoms. The molecular formula is C40H65N11O14. The number of hydrogen-bond donors (Lipinski definition) is 11. The van der Waals surface area contributed by atoms with Crippen LogP contribution in [-0.4, -0.2) is 152 Å². The Morgan fingerprint density at radius 1 is 0.569 bits per heavy atom. The molecule has 0 aromatic carbocycles. The Kier molecular flexibility index (Phi) is 21.7. The van der Waals surface area contributed by atoms with Crippen LogP contribution in [0, 0.1) is 11.8 Å². The first kappa shape index (κ1) is 54.7. The minimum absolute atomic E-state index is 0.0466. The summed E-state index contributed by atoms with van der Waals surface area (Å²) in [4.78, 5) is 156. The van der Waals surface area contributed by atoms with Crippen LogP contribution in [0.15, 0.2) is 0 Å². The van der Waals surface area contributed by atoms with Gasteiger partial charge in [-0.15, -0.1) is 0 Å². The quantitative estimate of drug-likeness (QED) is 0.0372. The Balaban J connectivity index is 2.35. The number of likely N-dealkylation sites (tertiary alicyclic amines) is 2. The molecule has 25 nitrogen and oxygen atoms in total. The maximum Gasteiger partial charge on any atom is 0.326 e. The lowest BCUT2D eigenvalue weighted by Crippen LogP contribution is -2.60. The van der Waals surface area contributed by atoms with Gasteiger partial charge < -0.3 is 69.5 Å². The molecule has 25 heteroatoms. The van der Waals surface area contributed by atoms with Crippen LogP contribution in [0.3, 0.4) is 0 Å². The Bertz CT molecular complexity index is 1810. The number of primary amides is 3. The van der Waals surface area contributed by atoms with Gasteiger partial charge in [0, 0.05) is 32.4 Å². The summed E-state index contributed by atoms with van der Waals surface area (Å²) < 4.78 is 0. The van der Waals surface area contributed by atoms with E-state index >= 15 is 0 Å². The van der Waals surface area contributed by atoms with E-state index in [2.05, 4.69) is 26.6 Å². The van der Waals surface area contributed by atoms with E-state index in [4.69, 9.17) is 22.9 Å². The first-order valence-corrected chi connectivity index (χ1v) is 21.5. The zero-order valence-corrected chi connectivity index (χ0v) is 37.2. The summed E-state index contributed by atoms with van der Waals surface area (Å²) in [7, 11) is 0. The molecule has 8 atom stereocenters. The standard InChI is InChI=1S/C40H65N11O14/c1-19(2)17-24(47-33(57)21(41)9-12-28(42)52)38(62)50-15-5-7-26(50)36(60)46-23(11-14-30(44)54)34(58)45-22(10-13-29(43)53)35(59)48-25(18-31(55)56)39(63)51-16-6-8-27(51)37(61)49-32(20(3)4)40(64)65/h19-27,32H,5-18,41H2,1-4H3,(H2,42,52)(H2,43,53)(H2,44,54)(H,45,58)(H,46,60)(H,47,57)(H,48,59)(H,49,61)(H,55,56)(H,64,65)/t21-,22-,23-,24-,25-,26-,27-,32-/m0/s1. The van der Waals surface area contributed by atoms with E-state index in [9.17, 15) is 67.7 Å². The molecule has 2 saturated heterocycles. The van der Waals surface area contributed by atoms with Gasteiger partial charge in [0.2, 0.25) is 59.1 Å². The number of nitrogens with zero attached hydrogens (tertiary/aromatic N) is 2. The van der Waals surface area contributed by atoms with Crippen molar-refractivity contribution >= 4 is 71.0 Å². The number of hydrogen-bond acceptors (Lipinski definition) is 13. The normalized spacial score (nSPS) is 18.6. The Labute approximate surface area is 375 Å². The highest BCUT2D eigenvalue weighted by molar-refractivity contribution is 5.99. The highest BCUT2D eigenvalue weighted by Gasteiger charge is 2.42. The second kappa shape index (κ2) is 25.8. The molecule has 0 saturated carbocycles. The van der Waals surface area contributed by atoms with Gasteiger partial charge in [-0.2, -0.15) is 0 Å². The Hall–Kier alpha value is -6.40. The van der Waals surface area contributed by atoms with Crippen molar-refractivity contribution in [1.29, 1.82) is 0 Å². The van der Waals surface area contributed by atoms with Crippen molar-refractivity contribution < 1.29 is 67.7 Å². The van der Waals surface area contributed by atoms with Gasteiger partial charge in [-0.25, -0.2) is 4.79 Å². The summed E-state index contributed by atoms with van der Waals surface area (Å²) in [6.07, 6.45) is -2.10. The molecule has 10 amide bonds. The number of nitrogens with two attached hydrogens (primary N) is 4. The van der Waals surface area contributed by atoms with Crippen molar-refractivity contribution in [2.75, 3.05) is 13.1 Å². The van der Waals surface area contributed by atoms with Gasteiger partial charge in [-0.05, 0) is 63.2 Å². The maximum atomic E-state index is 13.9. The van der Waals surface area contributed by atoms with Crippen molar-refractivity contribution in [3.8, 4) is 0 Å². The predicted octanol–water partition coefficient (Wildman–Crippen LogP) is -4.22. The summed E-state index contributed by atoms with van der Waals surface area (Å²) in [5.74, 6) is -12.2. The first-order chi connectivity index (χ1) is 30.3. The first-order valence-electron chi connectivity index (χ1n) is 21.5. The molecule has 2 fully saturated rings. The molecule has 0 bridgehead atoms. The number of rotatable bonds is 27. The highest BCUT2D eigenvalue weighted by Crippen LogP contribution is 2.22. The van der Waals surface area contributed by atoms with Crippen LogP contribution in [0.25, 0.3) is 0 Å². The molecule has 0 aromatic heterocycles. The smallest absolute Gasteiger partial charge is 0.326 e. The minimum atomic E-state index is -1.83. The molecule has 2 rings (SSSR count). The average molecular weight is 924 g/mol. The number of carboxylic acids is 2. The van der Waals surface area contributed by atoms with Crippen LogP contribution in [-0.2, 0) is 57.5 Å². The monoisotopic (exact) mass is 923 g/mol. The van der Waals surface area contributed by atoms with Crippen LogP contribution >= 0.6 is 0 Å². The molecule has 15 N–H and O–H groups in total. The summed E-state index contributed by atoms with van der Waals surface area (Å²) >= 11 is 0. The van der Waals surface area contributed by atoms with E-state index in [0.29, 0.717) is 6.42 Å². The highest BCUT2D eigenvalue weighted by atomic mass is 16.4. The van der Waals surface area contributed by atoms with Crippen LogP contribution in [0.1, 0.15) is 105 Å². The third-order valence-corrected chi connectivity index (χ3v) is 10.9. The SMILES string of the molecule is CC(C)C[C@H](NC(=O)[C@@H](N)CCC(N)=O)C(=O)N1CCC[C@H]1C(=O)N[C@@H](CCC(N)=O)C(=O)N[C@@H](CCC(N)=O)C(=O)N[C@@H](CC(=O)O)C(=O)N1CCC[C@H]1C(=O)N[C@H](C(=O)O)C(C)C. The number of carbonyl (C=O) groups excluding carboxylic acids is 10. The molecule has 0 unspecified atom stereocenters. The van der Waals surface area contributed by atoms with Gasteiger partial charge in [0.05, 0.1) is 12.5 Å². The summed E-state index contributed by atoms with van der Waals surface area (Å²) in [6, 6.07) is -11.1. The lowest BCUT2D eigenvalue weighted by molar-refractivity contribution is -0.148. The molecule has 0 aliphatic carbocycles. The van der Waals surface area contributed by atoms with E-state index < -0.39 is 157 Å². The number of amides is 10. The van der Waals surface area contributed by atoms with Crippen LogP contribution in [0.4, 0.5) is 0 Å². The number of nitrogens with one attached hydrogen (secondary N) is 5. The van der Waals surface area contributed by atoms with E-state index in [1.165, 1.54) is 4.90 Å². The summed E-state index contributed by atoms with van der Waals surface area (Å²) in [5.41, 5.74) is 21.8. The molecule has 0 radical (unpaired) electrons. The van der Waals surface area contributed by atoms with Crippen LogP contribution in [0.5, 0.6) is 0 Å². The fraction of sp³-hybridized carbons (Fsp3) is 0.700. The van der Waals surface area contributed by atoms with E-state index in [1.54, 1.807) is 27.7 Å². The zero-order valence-electron chi connectivity index (χ0n) is 37.2. The van der Waals surface area contributed by atoms with Gasteiger partial charge in [-0.1, -0.05) is 27.7 Å². The third kappa shape index (κ3) is 17.6. The van der Waals surface area contributed by atoms with Crippen LogP contribution in [0.2, 0.25) is 0 Å². The fourth-order valence-electron chi connectivity index (χ4n) is 7.47. The average Bonchev–Trinajstić information content (AvgIpc) is 3.91. The Morgan fingerprint density at radius 2 is 0.985 bits per heavy atom. The van der Waals surface area contributed by atoms with Gasteiger partial charge in [-0.3, -0.25) is 52.7 Å². The second-order valence-corrected chi connectivity index (χ2v) is 17.0. The molecule has 2 aliphatic heterocycles. The lowest BCUT2D eigenvalue weighted by atomic mass is 10.0. The Morgan fingerprint density at radius 3 is 1.42 bits per heavy atom. The van der Waals surface area contributed by atoms with Crippen molar-refractivity contribution in [1.82, 2.24) is 36.4 Å². The van der Waals surface area contributed by atoms with Crippen LogP contribution < -0.4 is 49.5 Å². The van der Waals surface area contributed by atoms with Gasteiger partial charge >= 0.3 is 11.9 Å². The number of carbonyl (C=O) groups is 12. The molecule has 0 aromatic rings.